The van der Waals surface area contributed by atoms with Crippen LogP contribution in [0.25, 0.3) is 0 Å². The van der Waals surface area contributed by atoms with Gasteiger partial charge in [-0.25, -0.2) is 4.39 Å². The number of nitrogens with one attached hydrogen (secondary N) is 1. The summed E-state index contributed by atoms with van der Waals surface area (Å²) >= 11 is 0. The second kappa shape index (κ2) is 6.21. The zero-order valence-electron chi connectivity index (χ0n) is 11.8. The molecule has 0 saturated carbocycles. The van der Waals surface area contributed by atoms with E-state index in [2.05, 4.69) is 5.32 Å². The van der Waals surface area contributed by atoms with E-state index in [1.54, 1.807) is 0 Å². The molecule has 5 nitrogen and oxygen atoms in total. The van der Waals surface area contributed by atoms with Crippen molar-refractivity contribution in [3.8, 4) is 0 Å². The van der Waals surface area contributed by atoms with E-state index in [0.29, 0.717) is 12.2 Å². The molecule has 0 heterocycles. The molecule has 0 atom stereocenters. The lowest BCUT2D eigenvalue weighted by molar-refractivity contribution is -0.384. The summed E-state index contributed by atoms with van der Waals surface area (Å²) in [5.41, 5.74) is 2.10. The Morgan fingerprint density at radius 1 is 1.19 bits per heavy atom. The van der Waals surface area contributed by atoms with Crippen LogP contribution >= 0.6 is 0 Å². The molecule has 0 unspecified atom stereocenters. The first kappa shape index (κ1) is 14.8. The molecular formula is C15H16FN3O2. The first-order chi connectivity index (χ1) is 9.97. The van der Waals surface area contributed by atoms with Crippen LogP contribution in [0, 0.1) is 15.9 Å². The maximum atomic E-state index is 13.1. The Balaban J connectivity index is 2.11. The van der Waals surface area contributed by atoms with Gasteiger partial charge in [-0.15, -0.1) is 0 Å². The van der Waals surface area contributed by atoms with Crippen LogP contribution in [0.5, 0.6) is 0 Å². The summed E-state index contributed by atoms with van der Waals surface area (Å²) in [5.74, 6) is -0.623. The lowest BCUT2D eigenvalue weighted by atomic mass is 10.2. The van der Waals surface area contributed by atoms with Crippen molar-refractivity contribution in [2.75, 3.05) is 24.3 Å². The fourth-order valence-electron chi connectivity index (χ4n) is 1.91. The molecule has 6 heteroatoms. The highest BCUT2D eigenvalue weighted by molar-refractivity contribution is 5.61. The SMILES string of the molecule is CN(C)c1ccc(CNc2ccc(F)cc2[N+](=O)[O-])cc1. The van der Waals surface area contributed by atoms with Gasteiger partial charge in [0.1, 0.15) is 11.5 Å². The van der Waals surface area contributed by atoms with Crippen LogP contribution < -0.4 is 10.2 Å². The number of nitrogens with zero attached hydrogens (tertiary/aromatic N) is 2. The van der Waals surface area contributed by atoms with Gasteiger partial charge >= 0.3 is 0 Å². The predicted molar refractivity (Wildman–Crippen MR) is 81.2 cm³/mol. The monoisotopic (exact) mass is 289 g/mol. The fourth-order valence-corrected chi connectivity index (χ4v) is 1.91. The Hall–Kier alpha value is -2.63. The van der Waals surface area contributed by atoms with E-state index in [0.717, 1.165) is 17.3 Å². The van der Waals surface area contributed by atoms with Crippen molar-refractivity contribution in [1.82, 2.24) is 0 Å². The van der Waals surface area contributed by atoms with Crippen LogP contribution in [0.2, 0.25) is 0 Å². The van der Waals surface area contributed by atoms with E-state index in [-0.39, 0.29) is 5.69 Å². The van der Waals surface area contributed by atoms with Crippen molar-refractivity contribution in [2.24, 2.45) is 0 Å². The van der Waals surface area contributed by atoms with Crippen molar-refractivity contribution >= 4 is 17.1 Å². The minimum absolute atomic E-state index is 0.264. The summed E-state index contributed by atoms with van der Waals surface area (Å²) in [4.78, 5) is 12.3. The predicted octanol–water partition coefficient (Wildman–Crippen LogP) is 3.41. The van der Waals surface area contributed by atoms with E-state index in [1.165, 1.54) is 12.1 Å². The van der Waals surface area contributed by atoms with Gasteiger partial charge in [-0.1, -0.05) is 12.1 Å². The van der Waals surface area contributed by atoms with Gasteiger partial charge in [-0.3, -0.25) is 10.1 Å². The summed E-state index contributed by atoms with van der Waals surface area (Å²) in [7, 11) is 3.91. The minimum Gasteiger partial charge on any atom is -0.378 e. The molecule has 2 aromatic carbocycles. The van der Waals surface area contributed by atoms with Gasteiger partial charge < -0.3 is 10.2 Å². The summed E-state index contributed by atoms with van der Waals surface area (Å²) in [5, 5.41) is 13.9. The number of benzene rings is 2. The van der Waals surface area contributed by atoms with Crippen LogP contribution in [0.15, 0.2) is 42.5 Å². The molecule has 0 fully saturated rings. The van der Waals surface area contributed by atoms with Crippen LogP contribution in [-0.2, 0) is 6.54 Å². The average molecular weight is 289 g/mol. The fraction of sp³-hybridized carbons (Fsp3) is 0.200. The summed E-state index contributed by atoms with van der Waals surface area (Å²) in [6, 6.07) is 11.3. The van der Waals surface area contributed by atoms with Crippen LogP contribution in [0.4, 0.5) is 21.5 Å². The molecule has 0 aliphatic rings. The largest absolute Gasteiger partial charge is 0.378 e. The van der Waals surface area contributed by atoms with Gasteiger partial charge in [0.05, 0.1) is 11.0 Å². The number of rotatable bonds is 5. The highest BCUT2D eigenvalue weighted by atomic mass is 19.1. The molecule has 2 aromatic rings. The Kier molecular flexibility index (Phi) is 4.37. The van der Waals surface area contributed by atoms with Crippen molar-refractivity contribution in [1.29, 1.82) is 0 Å². The lowest BCUT2D eigenvalue weighted by Gasteiger charge is -2.13. The normalized spacial score (nSPS) is 10.2. The molecule has 21 heavy (non-hydrogen) atoms. The molecule has 0 radical (unpaired) electrons. The Morgan fingerprint density at radius 2 is 1.86 bits per heavy atom. The highest BCUT2D eigenvalue weighted by Crippen LogP contribution is 2.25. The van der Waals surface area contributed by atoms with E-state index in [4.69, 9.17) is 0 Å². The van der Waals surface area contributed by atoms with E-state index < -0.39 is 10.7 Å². The third kappa shape index (κ3) is 3.68. The first-order valence-corrected chi connectivity index (χ1v) is 6.41. The zero-order valence-corrected chi connectivity index (χ0v) is 11.8. The average Bonchev–Trinajstić information content (AvgIpc) is 2.46. The molecule has 1 N–H and O–H groups in total. The third-order valence-corrected chi connectivity index (χ3v) is 3.09. The second-order valence-corrected chi connectivity index (χ2v) is 4.83. The maximum Gasteiger partial charge on any atom is 0.295 e. The summed E-state index contributed by atoms with van der Waals surface area (Å²) < 4.78 is 13.1. The Labute approximate surface area is 122 Å². The van der Waals surface area contributed by atoms with Gasteiger partial charge in [0.25, 0.3) is 5.69 Å². The van der Waals surface area contributed by atoms with Gasteiger partial charge in [-0.05, 0) is 29.8 Å². The second-order valence-electron chi connectivity index (χ2n) is 4.83. The molecule has 0 amide bonds. The molecule has 0 aromatic heterocycles. The molecule has 0 aliphatic heterocycles. The molecule has 0 bridgehead atoms. The van der Waals surface area contributed by atoms with Gasteiger partial charge in [0.2, 0.25) is 0 Å². The van der Waals surface area contributed by atoms with Gasteiger partial charge in [0.15, 0.2) is 0 Å². The lowest BCUT2D eigenvalue weighted by Crippen LogP contribution is -2.08. The topological polar surface area (TPSA) is 58.4 Å². The number of nitro benzene ring substituents is 1. The Morgan fingerprint density at radius 3 is 2.43 bits per heavy atom. The highest BCUT2D eigenvalue weighted by Gasteiger charge is 2.14. The van der Waals surface area contributed by atoms with Crippen molar-refractivity contribution in [2.45, 2.75) is 6.54 Å². The number of nitro groups is 1. The van der Waals surface area contributed by atoms with E-state index in [9.17, 15) is 14.5 Å². The molecular weight excluding hydrogens is 273 g/mol. The Bertz CT molecular complexity index is 642. The van der Waals surface area contributed by atoms with E-state index in [1.807, 2.05) is 43.3 Å². The van der Waals surface area contributed by atoms with Crippen LogP contribution in [-0.4, -0.2) is 19.0 Å². The summed E-state index contributed by atoms with van der Waals surface area (Å²) in [6.07, 6.45) is 0. The van der Waals surface area contributed by atoms with Crippen molar-refractivity contribution in [3.63, 3.8) is 0 Å². The number of hydrogen-bond donors (Lipinski definition) is 1. The van der Waals surface area contributed by atoms with E-state index >= 15 is 0 Å². The molecule has 110 valence electrons. The zero-order chi connectivity index (χ0) is 15.4. The third-order valence-electron chi connectivity index (χ3n) is 3.09. The first-order valence-electron chi connectivity index (χ1n) is 6.41. The summed E-state index contributed by atoms with van der Waals surface area (Å²) in [6.45, 7) is 0.431. The molecule has 0 saturated heterocycles. The van der Waals surface area contributed by atoms with Gasteiger partial charge in [-0.2, -0.15) is 0 Å². The number of anilines is 2. The number of hydrogen-bond acceptors (Lipinski definition) is 4. The quantitative estimate of drug-likeness (QED) is 0.677. The minimum atomic E-state index is -0.623. The standard InChI is InChI=1S/C15H16FN3O2/c1-18(2)13-6-3-11(4-7-13)10-17-14-8-5-12(16)9-15(14)19(20)21/h3-9,17H,10H2,1-2H3. The van der Waals surface area contributed by atoms with Crippen LogP contribution in [0.1, 0.15) is 5.56 Å². The van der Waals surface area contributed by atoms with Gasteiger partial charge in [0, 0.05) is 26.3 Å². The van der Waals surface area contributed by atoms with Crippen molar-refractivity contribution < 1.29 is 9.31 Å². The van der Waals surface area contributed by atoms with Crippen LogP contribution in [0.3, 0.4) is 0 Å². The maximum absolute atomic E-state index is 13.1. The number of halogens is 1. The smallest absolute Gasteiger partial charge is 0.295 e. The molecule has 0 aliphatic carbocycles. The molecule has 0 spiro atoms. The molecule has 2 rings (SSSR count). The van der Waals surface area contributed by atoms with Crippen molar-refractivity contribution in [3.05, 3.63) is 64.0 Å².